The number of methoxy groups -OCH3 is 1. The van der Waals surface area contributed by atoms with Crippen LogP contribution in [0.4, 0.5) is 0 Å². The van der Waals surface area contributed by atoms with Gasteiger partial charge in [0.1, 0.15) is 0 Å². The Morgan fingerprint density at radius 3 is 2.83 bits per heavy atom. The van der Waals surface area contributed by atoms with Crippen molar-refractivity contribution in [2.24, 2.45) is 0 Å². The molecule has 1 aromatic carbocycles. The predicted molar refractivity (Wildman–Crippen MR) is 81.2 cm³/mol. The lowest BCUT2D eigenvalue weighted by Gasteiger charge is -2.18. The number of hydrogen-bond acceptors (Lipinski definition) is 2. The molecular formula is C15H24BrNO. The number of ether oxygens (including phenoxy) is 1. The summed E-state index contributed by atoms with van der Waals surface area (Å²) in [6.07, 6.45) is 3.58. The van der Waals surface area contributed by atoms with Gasteiger partial charge < -0.3 is 10.1 Å². The molecule has 0 aromatic heterocycles. The fourth-order valence-corrected chi connectivity index (χ4v) is 2.52. The van der Waals surface area contributed by atoms with Gasteiger partial charge in [0.25, 0.3) is 0 Å². The SMILES string of the molecule is CCNCC(CCCCOC)c1cccc(Br)c1. The Kier molecular flexibility index (Phi) is 8.31. The van der Waals surface area contributed by atoms with Crippen molar-refractivity contribution in [2.75, 3.05) is 26.8 Å². The highest BCUT2D eigenvalue weighted by molar-refractivity contribution is 9.10. The third kappa shape index (κ3) is 5.98. The first-order chi connectivity index (χ1) is 8.77. The van der Waals surface area contributed by atoms with Crippen molar-refractivity contribution in [3.8, 4) is 0 Å². The summed E-state index contributed by atoms with van der Waals surface area (Å²) in [5.41, 5.74) is 1.42. The molecule has 2 nitrogen and oxygen atoms in total. The summed E-state index contributed by atoms with van der Waals surface area (Å²) in [4.78, 5) is 0. The Morgan fingerprint density at radius 2 is 2.17 bits per heavy atom. The van der Waals surface area contributed by atoms with Crippen molar-refractivity contribution in [2.45, 2.75) is 32.1 Å². The van der Waals surface area contributed by atoms with Crippen LogP contribution in [-0.4, -0.2) is 26.8 Å². The molecule has 1 rings (SSSR count). The fourth-order valence-electron chi connectivity index (χ4n) is 2.10. The minimum atomic E-state index is 0.597. The lowest BCUT2D eigenvalue weighted by molar-refractivity contribution is 0.191. The van der Waals surface area contributed by atoms with Gasteiger partial charge in [-0.3, -0.25) is 0 Å². The first-order valence-corrected chi connectivity index (χ1v) is 7.52. The first kappa shape index (κ1) is 15.7. The topological polar surface area (TPSA) is 21.3 Å². The summed E-state index contributed by atoms with van der Waals surface area (Å²) in [7, 11) is 1.77. The molecule has 18 heavy (non-hydrogen) atoms. The third-order valence-electron chi connectivity index (χ3n) is 3.11. The second-order valence-corrected chi connectivity index (χ2v) is 5.46. The molecule has 0 saturated heterocycles. The van der Waals surface area contributed by atoms with E-state index in [1.807, 2.05) is 0 Å². The minimum Gasteiger partial charge on any atom is -0.385 e. The van der Waals surface area contributed by atoms with E-state index >= 15 is 0 Å². The van der Waals surface area contributed by atoms with Crippen LogP contribution in [0, 0.1) is 0 Å². The molecule has 0 saturated carbocycles. The lowest BCUT2D eigenvalue weighted by Crippen LogP contribution is -2.21. The zero-order valence-corrected chi connectivity index (χ0v) is 13.0. The predicted octanol–water partition coefficient (Wildman–Crippen LogP) is 3.96. The summed E-state index contributed by atoms with van der Waals surface area (Å²) in [5.74, 6) is 0.597. The van der Waals surface area contributed by atoms with Crippen molar-refractivity contribution in [1.82, 2.24) is 5.32 Å². The Balaban J connectivity index is 2.54. The molecule has 1 unspecified atom stereocenters. The minimum absolute atomic E-state index is 0.597. The first-order valence-electron chi connectivity index (χ1n) is 6.73. The highest BCUT2D eigenvalue weighted by atomic mass is 79.9. The standard InChI is InChI=1S/C15H24BrNO/c1-3-17-12-14(7-4-5-10-18-2)13-8-6-9-15(16)11-13/h6,8-9,11,14,17H,3-5,7,10,12H2,1-2H3. The maximum absolute atomic E-state index is 5.11. The molecule has 0 fully saturated rings. The molecule has 1 atom stereocenters. The number of nitrogens with one attached hydrogen (secondary N) is 1. The molecule has 0 bridgehead atoms. The number of rotatable bonds is 9. The summed E-state index contributed by atoms with van der Waals surface area (Å²) in [6.45, 7) is 5.11. The highest BCUT2D eigenvalue weighted by Crippen LogP contribution is 2.24. The fraction of sp³-hybridized carbons (Fsp3) is 0.600. The molecule has 0 aliphatic rings. The van der Waals surface area contributed by atoms with Crippen LogP contribution in [0.25, 0.3) is 0 Å². The largest absolute Gasteiger partial charge is 0.385 e. The van der Waals surface area contributed by atoms with Gasteiger partial charge in [0.05, 0.1) is 0 Å². The Hall–Kier alpha value is -0.380. The van der Waals surface area contributed by atoms with Gasteiger partial charge in [-0.05, 0) is 43.0 Å². The molecule has 0 radical (unpaired) electrons. The van der Waals surface area contributed by atoms with Crippen LogP contribution in [0.5, 0.6) is 0 Å². The van der Waals surface area contributed by atoms with Gasteiger partial charge in [-0.15, -0.1) is 0 Å². The number of unbranched alkanes of at least 4 members (excludes halogenated alkanes) is 1. The molecule has 1 aromatic rings. The van der Waals surface area contributed by atoms with E-state index in [1.54, 1.807) is 7.11 Å². The zero-order valence-electron chi connectivity index (χ0n) is 11.4. The number of halogens is 1. The van der Waals surface area contributed by atoms with Crippen molar-refractivity contribution < 1.29 is 4.74 Å². The van der Waals surface area contributed by atoms with Gasteiger partial charge >= 0.3 is 0 Å². The smallest absolute Gasteiger partial charge is 0.0462 e. The molecule has 0 aliphatic carbocycles. The van der Waals surface area contributed by atoms with Crippen LogP contribution in [0.1, 0.15) is 37.7 Å². The van der Waals surface area contributed by atoms with Crippen LogP contribution < -0.4 is 5.32 Å². The van der Waals surface area contributed by atoms with E-state index in [0.717, 1.165) is 26.1 Å². The van der Waals surface area contributed by atoms with Gasteiger partial charge in [0.15, 0.2) is 0 Å². The molecule has 1 N–H and O–H groups in total. The second kappa shape index (κ2) is 9.54. The molecule has 102 valence electrons. The molecule has 0 heterocycles. The van der Waals surface area contributed by atoms with Gasteiger partial charge in [-0.2, -0.15) is 0 Å². The zero-order chi connectivity index (χ0) is 13.2. The van der Waals surface area contributed by atoms with E-state index in [0.29, 0.717) is 5.92 Å². The number of hydrogen-bond donors (Lipinski definition) is 1. The van der Waals surface area contributed by atoms with Crippen LogP contribution in [0.2, 0.25) is 0 Å². The van der Waals surface area contributed by atoms with E-state index in [-0.39, 0.29) is 0 Å². The summed E-state index contributed by atoms with van der Waals surface area (Å²) in [6, 6.07) is 8.66. The maximum atomic E-state index is 5.11. The Bertz CT molecular complexity index is 330. The van der Waals surface area contributed by atoms with Crippen LogP contribution in [-0.2, 0) is 4.74 Å². The third-order valence-corrected chi connectivity index (χ3v) is 3.61. The van der Waals surface area contributed by atoms with E-state index in [9.17, 15) is 0 Å². The molecule has 0 amide bonds. The monoisotopic (exact) mass is 313 g/mol. The summed E-state index contributed by atoms with van der Waals surface area (Å²) in [5, 5.41) is 3.46. The average molecular weight is 314 g/mol. The quantitative estimate of drug-likeness (QED) is 0.697. The Morgan fingerprint density at radius 1 is 1.33 bits per heavy atom. The van der Waals surface area contributed by atoms with E-state index < -0.39 is 0 Å². The van der Waals surface area contributed by atoms with E-state index in [4.69, 9.17) is 4.74 Å². The van der Waals surface area contributed by atoms with Gasteiger partial charge in [-0.1, -0.05) is 41.4 Å². The van der Waals surface area contributed by atoms with Crippen molar-refractivity contribution >= 4 is 15.9 Å². The van der Waals surface area contributed by atoms with Gasteiger partial charge in [-0.25, -0.2) is 0 Å². The number of likely N-dealkylation sites (N-methyl/N-ethyl adjacent to an activating group) is 1. The van der Waals surface area contributed by atoms with Gasteiger partial charge in [0, 0.05) is 24.7 Å². The normalized spacial score (nSPS) is 12.6. The second-order valence-electron chi connectivity index (χ2n) is 4.55. The van der Waals surface area contributed by atoms with Crippen LogP contribution >= 0.6 is 15.9 Å². The lowest BCUT2D eigenvalue weighted by atomic mass is 9.93. The van der Waals surface area contributed by atoms with Crippen LogP contribution in [0.15, 0.2) is 28.7 Å². The molecular weight excluding hydrogens is 290 g/mol. The van der Waals surface area contributed by atoms with Crippen molar-refractivity contribution in [3.63, 3.8) is 0 Å². The molecule has 0 aliphatic heterocycles. The molecule has 3 heteroatoms. The van der Waals surface area contributed by atoms with Crippen molar-refractivity contribution in [3.05, 3.63) is 34.3 Å². The van der Waals surface area contributed by atoms with Gasteiger partial charge in [0.2, 0.25) is 0 Å². The van der Waals surface area contributed by atoms with E-state index in [1.165, 1.54) is 22.9 Å². The Labute approximate surface area is 119 Å². The maximum Gasteiger partial charge on any atom is 0.0462 e. The highest BCUT2D eigenvalue weighted by Gasteiger charge is 2.11. The molecule has 0 spiro atoms. The average Bonchev–Trinajstić information content (AvgIpc) is 2.38. The van der Waals surface area contributed by atoms with E-state index in [2.05, 4.69) is 52.4 Å². The van der Waals surface area contributed by atoms with Crippen molar-refractivity contribution in [1.29, 1.82) is 0 Å². The summed E-state index contributed by atoms with van der Waals surface area (Å²) < 4.78 is 6.27. The summed E-state index contributed by atoms with van der Waals surface area (Å²) >= 11 is 3.55. The number of benzene rings is 1. The van der Waals surface area contributed by atoms with Crippen LogP contribution in [0.3, 0.4) is 0 Å².